The highest BCUT2D eigenvalue weighted by molar-refractivity contribution is 5.37. The molecule has 5 nitrogen and oxygen atoms in total. The van der Waals surface area contributed by atoms with Gasteiger partial charge in [-0.15, -0.1) is 0 Å². The Bertz CT molecular complexity index is 482. The summed E-state index contributed by atoms with van der Waals surface area (Å²) in [5.41, 5.74) is 2.35. The summed E-state index contributed by atoms with van der Waals surface area (Å²) in [5, 5.41) is 7.43. The van der Waals surface area contributed by atoms with Gasteiger partial charge in [0, 0.05) is 12.1 Å². The largest absolute Gasteiger partial charge is 0.496 e. The molecule has 0 aliphatic heterocycles. The lowest BCUT2D eigenvalue weighted by atomic mass is 10.1. The van der Waals surface area contributed by atoms with Crippen molar-refractivity contribution in [2.45, 2.75) is 20.0 Å². The normalized spacial score (nSPS) is 10.6. The van der Waals surface area contributed by atoms with Crippen LogP contribution in [0.15, 0.2) is 30.9 Å². The molecule has 0 amide bonds. The zero-order valence-electron chi connectivity index (χ0n) is 10.8. The topological polar surface area (TPSA) is 52.0 Å². The van der Waals surface area contributed by atoms with Gasteiger partial charge in [0.25, 0.3) is 0 Å². The fourth-order valence-corrected chi connectivity index (χ4v) is 1.82. The monoisotopic (exact) mass is 246 g/mol. The number of aromatic nitrogens is 3. The molecule has 1 heterocycles. The predicted molar refractivity (Wildman–Crippen MR) is 69.5 cm³/mol. The summed E-state index contributed by atoms with van der Waals surface area (Å²) in [6.45, 7) is 4.60. The van der Waals surface area contributed by atoms with Crippen LogP contribution in [0.1, 0.15) is 18.1 Å². The number of hydrogen-bond donors (Lipinski definition) is 1. The van der Waals surface area contributed by atoms with E-state index in [0.717, 1.165) is 24.4 Å². The SMILES string of the molecule is CCNCc1ccc(OC)c(Cn2cncn2)c1. The molecule has 0 bridgehead atoms. The first-order chi connectivity index (χ1) is 8.83. The molecule has 96 valence electrons. The van der Waals surface area contributed by atoms with Crippen LogP contribution in [0, 0.1) is 0 Å². The maximum atomic E-state index is 5.37. The van der Waals surface area contributed by atoms with Gasteiger partial charge in [-0.05, 0) is 24.2 Å². The Morgan fingerprint density at radius 3 is 2.94 bits per heavy atom. The first-order valence-electron chi connectivity index (χ1n) is 6.02. The quantitative estimate of drug-likeness (QED) is 0.838. The van der Waals surface area contributed by atoms with Crippen molar-refractivity contribution >= 4 is 0 Å². The molecule has 2 aromatic rings. The van der Waals surface area contributed by atoms with Crippen molar-refractivity contribution < 1.29 is 4.74 Å². The smallest absolute Gasteiger partial charge is 0.137 e. The minimum atomic E-state index is 0.670. The van der Waals surface area contributed by atoms with E-state index in [9.17, 15) is 0 Å². The van der Waals surface area contributed by atoms with E-state index in [4.69, 9.17) is 4.74 Å². The summed E-state index contributed by atoms with van der Waals surface area (Å²) < 4.78 is 7.16. The second-order valence-electron chi connectivity index (χ2n) is 4.02. The number of methoxy groups -OCH3 is 1. The van der Waals surface area contributed by atoms with Gasteiger partial charge < -0.3 is 10.1 Å². The van der Waals surface area contributed by atoms with Crippen molar-refractivity contribution in [3.05, 3.63) is 42.0 Å². The highest BCUT2D eigenvalue weighted by Gasteiger charge is 2.05. The van der Waals surface area contributed by atoms with Crippen LogP contribution in [-0.2, 0) is 13.1 Å². The van der Waals surface area contributed by atoms with E-state index >= 15 is 0 Å². The molecule has 0 radical (unpaired) electrons. The first-order valence-corrected chi connectivity index (χ1v) is 6.02. The van der Waals surface area contributed by atoms with Crippen LogP contribution in [0.25, 0.3) is 0 Å². The van der Waals surface area contributed by atoms with Gasteiger partial charge in [-0.2, -0.15) is 5.10 Å². The van der Waals surface area contributed by atoms with Crippen LogP contribution in [0.4, 0.5) is 0 Å². The molecule has 1 aromatic heterocycles. The maximum absolute atomic E-state index is 5.37. The molecule has 0 aliphatic rings. The molecule has 1 N–H and O–H groups in total. The van der Waals surface area contributed by atoms with Gasteiger partial charge >= 0.3 is 0 Å². The molecule has 18 heavy (non-hydrogen) atoms. The third-order valence-electron chi connectivity index (χ3n) is 2.72. The van der Waals surface area contributed by atoms with Crippen molar-refractivity contribution in [3.63, 3.8) is 0 Å². The second-order valence-corrected chi connectivity index (χ2v) is 4.02. The van der Waals surface area contributed by atoms with Gasteiger partial charge in [-0.25, -0.2) is 9.67 Å². The standard InChI is InChI=1S/C13H18N4O/c1-3-14-7-11-4-5-13(18-2)12(6-11)8-17-10-15-9-16-17/h4-6,9-10,14H,3,7-8H2,1-2H3. The van der Waals surface area contributed by atoms with E-state index in [2.05, 4.69) is 34.5 Å². The molecular weight excluding hydrogens is 228 g/mol. The molecule has 0 saturated heterocycles. The maximum Gasteiger partial charge on any atom is 0.137 e. The van der Waals surface area contributed by atoms with E-state index in [1.54, 1.807) is 18.1 Å². The Morgan fingerprint density at radius 2 is 2.28 bits per heavy atom. The lowest BCUT2D eigenvalue weighted by Gasteiger charge is -2.11. The van der Waals surface area contributed by atoms with E-state index in [1.165, 1.54) is 11.9 Å². The number of nitrogens with zero attached hydrogens (tertiary/aromatic N) is 3. The molecule has 0 atom stereocenters. The van der Waals surface area contributed by atoms with Gasteiger partial charge in [-0.1, -0.05) is 13.0 Å². The van der Waals surface area contributed by atoms with Crippen LogP contribution >= 0.6 is 0 Å². The zero-order valence-corrected chi connectivity index (χ0v) is 10.8. The molecule has 0 fully saturated rings. The fourth-order valence-electron chi connectivity index (χ4n) is 1.82. The van der Waals surface area contributed by atoms with Gasteiger partial charge in [0.15, 0.2) is 0 Å². The Labute approximate surface area is 107 Å². The summed E-state index contributed by atoms with van der Waals surface area (Å²) in [6.07, 6.45) is 3.24. The van der Waals surface area contributed by atoms with Crippen LogP contribution in [0.5, 0.6) is 5.75 Å². The van der Waals surface area contributed by atoms with E-state index in [-0.39, 0.29) is 0 Å². The molecule has 2 rings (SSSR count). The van der Waals surface area contributed by atoms with Gasteiger partial charge in [0.1, 0.15) is 18.4 Å². The molecular formula is C13H18N4O. The predicted octanol–water partition coefficient (Wildman–Crippen LogP) is 1.44. The highest BCUT2D eigenvalue weighted by Crippen LogP contribution is 2.20. The fraction of sp³-hybridized carbons (Fsp3) is 0.385. The minimum absolute atomic E-state index is 0.670. The van der Waals surface area contributed by atoms with E-state index in [1.807, 2.05) is 6.07 Å². The van der Waals surface area contributed by atoms with Crippen molar-refractivity contribution in [2.24, 2.45) is 0 Å². The summed E-state index contributed by atoms with van der Waals surface area (Å²) in [4.78, 5) is 3.94. The van der Waals surface area contributed by atoms with Crippen LogP contribution < -0.4 is 10.1 Å². The lowest BCUT2D eigenvalue weighted by Crippen LogP contribution is -2.12. The summed E-state index contributed by atoms with van der Waals surface area (Å²) >= 11 is 0. The average Bonchev–Trinajstić information content (AvgIpc) is 2.89. The summed E-state index contributed by atoms with van der Waals surface area (Å²) in [7, 11) is 1.68. The molecule has 0 aliphatic carbocycles. The average molecular weight is 246 g/mol. The van der Waals surface area contributed by atoms with E-state index < -0.39 is 0 Å². The van der Waals surface area contributed by atoms with Gasteiger partial charge in [0.05, 0.1) is 13.7 Å². The molecule has 0 unspecified atom stereocenters. The van der Waals surface area contributed by atoms with E-state index in [0.29, 0.717) is 6.54 Å². The molecule has 0 spiro atoms. The number of hydrogen-bond acceptors (Lipinski definition) is 4. The third-order valence-corrected chi connectivity index (χ3v) is 2.72. The van der Waals surface area contributed by atoms with Crippen LogP contribution in [-0.4, -0.2) is 28.4 Å². The Balaban J connectivity index is 2.19. The first kappa shape index (κ1) is 12.6. The Kier molecular flexibility index (Phi) is 4.30. The third kappa shape index (κ3) is 3.07. The van der Waals surface area contributed by atoms with Crippen molar-refractivity contribution in [2.75, 3.05) is 13.7 Å². The Hall–Kier alpha value is -1.88. The number of benzene rings is 1. The lowest BCUT2D eigenvalue weighted by molar-refractivity contribution is 0.407. The Morgan fingerprint density at radius 1 is 1.39 bits per heavy atom. The van der Waals surface area contributed by atoms with Crippen molar-refractivity contribution in [3.8, 4) is 5.75 Å². The minimum Gasteiger partial charge on any atom is -0.496 e. The number of rotatable bonds is 6. The number of nitrogens with one attached hydrogen (secondary N) is 1. The second kappa shape index (κ2) is 6.16. The molecule has 0 saturated carbocycles. The highest BCUT2D eigenvalue weighted by atomic mass is 16.5. The van der Waals surface area contributed by atoms with Gasteiger partial charge in [0.2, 0.25) is 0 Å². The zero-order chi connectivity index (χ0) is 12.8. The van der Waals surface area contributed by atoms with Crippen molar-refractivity contribution in [1.29, 1.82) is 0 Å². The molecule has 5 heteroatoms. The van der Waals surface area contributed by atoms with Gasteiger partial charge in [-0.3, -0.25) is 0 Å². The summed E-state index contributed by atoms with van der Waals surface area (Å²) in [6, 6.07) is 6.22. The summed E-state index contributed by atoms with van der Waals surface area (Å²) in [5.74, 6) is 0.880. The number of ether oxygens (including phenoxy) is 1. The molecule has 1 aromatic carbocycles. The van der Waals surface area contributed by atoms with Crippen molar-refractivity contribution in [1.82, 2.24) is 20.1 Å². The van der Waals surface area contributed by atoms with Crippen LogP contribution in [0.3, 0.4) is 0 Å². The van der Waals surface area contributed by atoms with Crippen LogP contribution in [0.2, 0.25) is 0 Å².